The smallest absolute Gasteiger partial charge is 0.247 e. The van der Waals surface area contributed by atoms with Gasteiger partial charge in [0, 0.05) is 26.7 Å². The largest absolute Gasteiger partial charge is 0.308 e. The fourth-order valence-corrected chi connectivity index (χ4v) is 4.51. The number of aromatic nitrogens is 2. The molecule has 0 amide bonds. The highest BCUT2D eigenvalue weighted by molar-refractivity contribution is 7.89. The van der Waals surface area contributed by atoms with Crippen LogP contribution in [0.4, 0.5) is 4.39 Å². The summed E-state index contributed by atoms with van der Waals surface area (Å²) in [6.45, 7) is 4.40. The number of hydrogen-bond acceptors (Lipinski definition) is 4. The Morgan fingerprint density at radius 2 is 1.88 bits per heavy atom. The molecule has 25 heavy (non-hydrogen) atoms. The highest BCUT2D eigenvalue weighted by atomic mass is 32.2. The van der Waals surface area contributed by atoms with Crippen LogP contribution in [-0.4, -0.2) is 54.6 Å². The molecule has 1 heterocycles. The number of halogens is 1. The summed E-state index contributed by atoms with van der Waals surface area (Å²) >= 11 is 0. The highest BCUT2D eigenvalue weighted by Crippen LogP contribution is 2.24. The molecule has 6 nitrogen and oxygen atoms in total. The van der Waals surface area contributed by atoms with Crippen molar-refractivity contribution in [1.29, 1.82) is 0 Å². The SMILES string of the molecule is Cc1nn(C)c(C)c1S(=O)(=O)N(CCN(C)C)Cc1cccc(F)c1. The third kappa shape index (κ3) is 4.45. The second-order valence-electron chi connectivity index (χ2n) is 6.40. The molecular weight excluding hydrogens is 343 g/mol. The zero-order chi connectivity index (χ0) is 18.8. The van der Waals surface area contributed by atoms with E-state index in [4.69, 9.17) is 0 Å². The van der Waals surface area contributed by atoms with Crippen LogP contribution in [0.5, 0.6) is 0 Å². The third-order valence-electron chi connectivity index (χ3n) is 4.09. The molecule has 2 rings (SSSR count). The third-order valence-corrected chi connectivity index (χ3v) is 6.18. The van der Waals surface area contributed by atoms with E-state index in [0.29, 0.717) is 30.0 Å². The van der Waals surface area contributed by atoms with E-state index in [1.54, 1.807) is 37.7 Å². The zero-order valence-electron chi connectivity index (χ0n) is 15.3. The molecule has 0 spiro atoms. The number of nitrogens with zero attached hydrogens (tertiary/aromatic N) is 4. The Kier molecular flexibility index (Phi) is 5.97. The molecule has 0 aliphatic heterocycles. The summed E-state index contributed by atoms with van der Waals surface area (Å²) in [6, 6.07) is 6.02. The lowest BCUT2D eigenvalue weighted by atomic mass is 10.2. The molecule has 0 aliphatic rings. The van der Waals surface area contributed by atoms with Gasteiger partial charge in [-0.05, 0) is 45.6 Å². The van der Waals surface area contributed by atoms with Gasteiger partial charge < -0.3 is 4.90 Å². The van der Waals surface area contributed by atoms with E-state index >= 15 is 0 Å². The second kappa shape index (κ2) is 7.63. The normalized spacial score (nSPS) is 12.3. The van der Waals surface area contributed by atoms with Gasteiger partial charge in [-0.15, -0.1) is 0 Å². The lowest BCUT2D eigenvalue weighted by Crippen LogP contribution is -2.36. The van der Waals surface area contributed by atoms with Crippen molar-refractivity contribution in [2.45, 2.75) is 25.3 Å². The Labute approximate surface area is 148 Å². The van der Waals surface area contributed by atoms with Gasteiger partial charge >= 0.3 is 0 Å². The predicted octanol–water partition coefficient (Wildman–Crippen LogP) is 1.93. The van der Waals surface area contributed by atoms with E-state index in [-0.39, 0.29) is 17.3 Å². The fraction of sp³-hybridized carbons (Fsp3) is 0.471. The lowest BCUT2D eigenvalue weighted by molar-refractivity contribution is 0.329. The maximum Gasteiger partial charge on any atom is 0.247 e. The first-order chi connectivity index (χ1) is 11.6. The summed E-state index contributed by atoms with van der Waals surface area (Å²) in [5.41, 5.74) is 1.67. The van der Waals surface area contributed by atoms with Crippen molar-refractivity contribution in [3.05, 3.63) is 47.0 Å². The number of likely N-dealkylation sites (N-methyl/N-ethyl adjacent to an activating group) is 1. The first-order valence-electron chi connectivity index (χ1n) is 8.02. The van der Waals surface area contributed by atoms with E-state index in [0.717, 1.165) is 0 Å². The summed E-state index contributed by atoms with van der Waals surface area (Å²) in [7, 11) is 1.74. The van der Waals surface area contributed by atoms with Gasteiger partial charge in [-0.2, -0.15) is 9.40 Å². The maximum atomic E-state index is 13.5. The van der Waals surface area contributed by atoms with Crippen molar-refractivity contribution in [3.63, 3.8) is 0 Å². The summed E-state index contributed by atoms with van der Waals surface area (Å²) in [5, 5.41) is 4.22. The van der Waals surface area contributed by atoms with Gasteiger partial charge in [0.2, 0.25) is 10.0 Å². The van der Waals surface area contributed by atoms with Crippen LogP contribution in [0.25, 0.3) is 0 Å². The molecule has 0 N–H and O–H groups in total. The molecular formula is C17H25FN4O2S. The van der Waals surface area contributed by atoms with Crippen LogP contribution < -0.4 is 0 Å². The molecule has 0 unspecified atom stereocenters. The number of rotatable bonds is 7. The zero-order valence-corrected chi connectivity index (χ0v) is 16.1. The molecule has 0 radical (unpaired) electrons. The van der Waals surface area contributed by atoms with Crippen LogP contribution in [0, 0.1) is 19.7 Å². The minimum atomic E-state index is -3.75. The topological polar surface area (TPSA) is 58.4 Å². The molecule has 1 aromatic heterocycles. The van der Waals surface area contributed by atoms with Crippen molar-refractivity contribution in [2.75, 3.05) is 27.2 Å². The monoisotopic (exact) mass is 368 g/mol. The molecule has 0 saturated carbocycles. The van der Waals surface area contributed by atoms with E-state index in [9.17, 15) is 12.8 Å². The van der Waals surface area contributed by atoms with Crippen molar-refractivity contribution in [1.82, 2.24) is 19.0 Å². The predicted molar refractivity (Wildman–Crippen MR) is 95.2 cm³/mol. The molecule has 0 bridgehead atoms. The second-order valence-corrected chi connectivity index (χ2v) is 8.27. The first-order valence-corrected chi connectivity index (χ1v) is 9.46. The quantitative estimate of drug-likeness (QED) is 0.749. The lowest BCUT2D eigenvalue weighted by Gasteiger charge is -2.24. The van der Waals surface area contributed by atoms with Crippen LogP contribution in [0.1, 0.15) is 17.0 Å². The Balaban J connectivity index is 2.42. The van der Waals surface area contributed by atoms with Gasteiger partial charge in [-0.1, -0.05) is 12.1 Å². The van der Waals surface area contributed by atoms with Gasteiger partial charge in [0.25, 0.3) is 0 Å². The van der Waals surface area contributed by atoms with Crippen molar-refractivity contribution in [2.24, 2.45) is 7.05 Å². The summed E-state index contributed by atoms with van der Waals surface area (Å²) < 4.78 is 42.9. The van der Waals surface area contributed by atoms with E-state index in [1.165, 1.54) is 16.4 Å². The number of aryl methyl sites for hydroxylation is 2. The average Bonchev–Trinajstić information content (AvgIpc) is 2.76. The van der Waals surface area contributed by atoms with Gasteiger partial charge in [-0.25, -0.2) is 12.8 Å². The van der Waals surface area contributed by atoms with Crippen molar-refractivity contribution >= 4 is 10.0 Å². The average molecular weight is 368 g/mol. The van der Waals surface area contributed by atoms with Crippen LogP contribution in [-0.2, 0) is 23.6 Å². The fourth-order valence-electron chi connectivity index (χ4n) is 2.69. The van der Waals surface area contributed by atoms with Crippen molar-refractivity contribution < 1.29 is 12.8 Å². The Hall–Kier alpha value is -1.77. The van der Waals surface area contributed by atoms with Gasteiger partial charge in [0.1, 0.15) is 10.7 Å². The van der Waals surface area contributed by atoms with Crippen molar-refractivity contribution in [3.8, 4) is 0 Å². The van der Waals surface area contributed by atoms with Gasteiger partial charge in [0.15, 0.2) is 0 Å². The number of hydrogen-bond donors (Lipinski definition) is 0. The van der Waals surface area contributed by atoms with E-state index < -0.39 is 10.0 Å². The van der Waals surface area contributed by atoms with Crippen LogP contribution >= 0.6 is 0 Å². The summed E-state index contributed by atoms with van der Waals surface area (Å²) in [4.78, 5) is 2.14. The maximum absolute atomic E-state index is 13.5. The minimum Gasteiger partial charge on any atom is -0.308 e. The molecule has 138 valence electrons. The molecule has 0 fully saturated rings. The van der Waals surface area contributed by atoms with Crippen LogP contribution in [0.3, 0.4) is 0 Å². The van der Waals surface area contributed by atoms with E-state index in [1.807, 2.05) is 19.0 Å². The number of benzene rings is 1. The Bertz CT molecular complexity index is 846. The molecule has 0 aliphatic carbocycles. The highest BCUT2D eigenvalue weighted by Gasteiger charge is 2.30. The number of sulfonamides is 1. The summed E-state index contributed by atoms with van der Waals surface area (Å²) in [5.74, 6) is -0.379. The Morgan fingerprint density at radius 3 is 2.40 bits per heavy atom. The molecule has 8 heteroatoms. The molecule has 0 atom stereocenters. The van der Waals surface area contributed by atoms with E-state index in [2.05, 4.69) is 5.10 Å². The molecule has 1 aromatic carbocycles. The minimum absolute atomic E-state index is 0.113. The summed E-state index contributed by atoms with van der Waals surface area (Å²) in [6.07, 6.45) is 0. The van der Waals surface area contributed by atoms with Crippen LogP contribution in [0.15, 0.2) is 29.2 Å². The van der Waals surface area contributed by atoms with Crippen LogP contribution in [0.2, 0.25) is 0 Å². The molecule has 0 saturated heterocycles. The first kappa shape index (κ1) is 19.6. The Morgan fingerprint density at radius 1 is 1.20 bits per heavy atom. The standard InChI is InChI=1S/C17H25FN4O2S/c1-13-17(14(2)21(5)19-13)25(23,24)22(10-9-20(3)4)12-15-7-6-8-16(18)11-15/h6-8,11H,9-10,12H2,1-5H3. The molecule has 2 aromatic rings. The van der Waals surface area contributed by atoms with Gasteiger partial charge in [-0.3, -0.25) is 4.68 Å². The van der Waals surface area contributed by atoms with Gasteiger partial charge in [0.05, 0.1) is 11.4 Å².